The highest BCUT2D eigenvalue weighted by Crippen LogP contribution is 2.29. The second-order valence-electron chi connectivity index (χ2n) is 5.17. The standard InChI is InChI=1S/C17H18N2O/c1-3-5-12-9-14(18)16-15(10-12)19-17(20-16)13-7-4-6-11(2)8-13/h4,6-10H,3,5,18H2,1-2H3. The van der Waals surface area contributed by atoms with E-state index in [0.29, 0.717) is 17.2 Å². The number of nitrogens with zero attached hydrogens (tertiary/aromatic N) is 1. The van der Waals surface area contributed by atoms with Crippen molar-refractivity contribution in [3.8, 4) is 11.5 Å². The van der Waals surface area contributed by atoms with Crippen LogP contribution in [0.25, 0.3) is 22.6 Å². The Labute approximate surface area is 118 Å². The third kappa shape index (κ3) is 2.27. The van der Waals surface area contributed by atoms with Crippen molar-refractivity contribution in [1.29, 1.82) is 0 Å². The molecular weight excluding hydrogens is 248 g/mol. The number of anilines is 1. The summed E-state index contributed by atoms with van der Waals surface area (Å²) in [5, 5.41) is 0. The summed E-state index contributed by atoms with van der Waals surface area (Å²) in [5.74, 6) is 0.629. The van der Waals surface area contributed by atoms with Gasteiger partial charge in [-0.1, -0.05) is 31.0 Å². The van der Waals surface area contributed by atoms with E-state index in [0.717, 1.165) is 23.9 Å². The predicted octanol–water partition coefficient (Wildman–Crippen LogP) is 4.34. The highest BCUT2D eigenvalue weighted by atomic mass is 16.3. The van der Waals surface area contributed by atoms with Crippen molar-refractivity contribution >= 4 is 16.8 Å². The zero-order valence-corrected chi connectivity index (χ0v) is 11.8. The van der Waals surface area contributed by atoms with E-state index in [4.69, 9.17) is 10.2 Å². The molecule has 0 amide bonds. The van der Waals surface area contributed by atoms with Crippen LogP contribution < -0.4 is 5.73 Å². The summed E-state index contributed by atoms with van der Waals surface area (Å²) >= 11 is 0. The molecule has 1 heterocycles. The van der Waals surface area contributed by atoms with Crippen molar-refractivity contribution in [2.75, 3.05) is 5.73 Å². The van der Waals surface area contributed by atoms with E-state index in [-0.39, 0.29) is 0 Å². The normalized spacial score (nSPS) is 11.1. The highest BCUT2D eigenvalue weighted by molar-refractivity contribution is 5.87. The smallest absolute Gasteiger partial charge is 0.227 e. The first-order chi connectivity index (χ1) is 9.67. The minimum Gasteiger partial charge on any atom is -0.434 e. The second kappa shape index (κ2) is 5.00. The largest absolute Gasteiger partial charge is 0.434 e. The van der Waals surface area contributed by atoms with E-state index in [1.165, 1.54) is 11.1 Å². The Morgan fingerprint density at radius 3 is 2.80 bits per heavy atom. The van der Waals surface area contributed by atoms with Crippen molar-refractivity contribution in [3.05, 3.63) is 47.5 Å². The molecule has 0 aliphatic heterocycles. The molecule has 0 saturated carbocycles. The van der Waals surface area contributed by atoms with Crippen molar-refractivity contribution < 1.29 is 4.42 Å². The van der Waals surface area contributed by atoms with Crippen molar-refractivity contribution in [3.63, 3.8) is 0 Å². The fourth-order valence-corrected chi connectivity index (χ4v) is 2.45. The van der Waals surface area contributed by atoms with E-state index in [9.17, 15) is 0 Å². The molecule has 3 aromatic rings. The number of hydrogen-bond acceptors (Lipinski definition) is 3. The first kappa shape index (κ1) is 12.7. The Morgan fingerprint density at radius 2 is 2.05 bits per heavy atom. The molecule has 0 unspecified atom stereocenters. The summed E-state index contributed by atoms with van der Waals surface area (Å²) in [4.78, 5) is 4.58. The lowest BCUT2D eigenvalue weighted by molar-refractivity contribution is 0.621. The molecule has 3 heteroatoms. The van der Waals surface area contributed by atoms with Gasteiger partial charge in [-0.3, -0.25) is 0 Å². The molecule has 102 valence electrons. The minimum absolute atomic E-state index is 0.629. The molecule has 0 aliphatic carbocycles. The highest BCUT2D eigenvalue weighted by Gasteiger charge is 2.11. The summed E-state index contributed by atoms with van der Waals surface area (Å²) in [6.45, 7) is 4.21. The second-order valence-corrected chi connectivity index (χ2v) is 5.17. The Morgan fingerprint density at radius 1 is 1.20 bits per heavy atom. The number of hydrogen-bond donors (Lipinski definition) is 1. The van der Waals surface area contributed by atoms with Crippen LogP contribution in [0.5, 0.6) is 0 Å². The average molecular weight is 266 g/mol. The van der Waals surface area contributed by atoms with Gasteiger partial charge in [0.05, 0.1) is 5.69 Å². The minimum atomic E-state index is 0.629. The molecule has 2 aromatic carbocycles. The van der Waals surface area contributed by atoms with Crippen molar-refractivity contribution in [1.82, 2.24) is 4.98 Å². The molecule has 3 nitrogen and oxygen atoms in total. The molecule has 0 bridgehead atoms. The van der Waals surface area contributed by atoms with Gasteiger partial charge in [-0.25, -0.2) is 4.98 Å². The monoisotopic (exact) mass is 266 g/mol. The molecule has 0 fully saturated rings. The number of benzene rings is 2. The van der Waals surface area contributed by atoms with Crippen LogP contribution in [0.3, 0.4) is 0 Å². The first-order valence-corrected chi connectivity index (χ1v) is 6.93. The summed E-state index contributed by atoms with van der Waals surface area (Å²) in [6.07, 6.45) is 2.10. The molecule has 0 saturated heterocycles. The number of fused-ring (bicyclic) bond motifs is 1. The molecular formula is C17H18N2O. The average Bonchev–Trinajstić information content (AvgIpc) is 2.84. The van der Waals surface area contributed by atoms with Gasteiger partial charge in [0.15, 0.2) is 5.58 Å². The lowest BCUT2D eigenvalue weighted by Gasteiger charge is -2.00. The topological polar surface area (TPSA) is 52.0 Å². The van der Waals surface area contributed by atoms with Gasteiger partial charge < -0.3 is 10.2 Å². The summed E-state index contributed by atoms with van der Waals surface area (Å²) in [5.41, 5.74) is 11.6. The zero-order chi connectivity index (χ0) is 14.1. The van der Waals surface area contributed by atoms with E-state index >= 15 is 0 Å². The zero-order valence-electron chi connectivity index (χ0n) is 11.8. The number of nitrogen functional groups attached to an aromatic ring is 1. The van der Waals surface area contributed by atoms with E-state index in [1.807, 2.05) is 18.2 Å². The number of aryl methyl sites for hydroxylation is 2. The first-order valence-electron chi connectivity index (χ1n) is 6.93. The quantitative estimate of drug-likeness (QED) is 0.717. The lowest BCUT2D eigenvalue weighted by Crippen LogP contribution is -1.90. The van der Waals surface area contributed by atoms with Crippen LogP contribution in [0.15, 0.2) is 40.8 Å². The molecule has 2 N–H and O–H groups in total. The molecule has 0 radical (unpaired) electrons. The third-order valence-electron chi connectivity index (χ3n) is 3.38. The van der Waals surface area contributed by atoms with Crippen LogP contribution in [0.2, 0.25) is 0 Å². The van der Waals surface area contributed by atoms with Crippen LogP contribution in [0, 0.1) is 6.92 Å². The van der Waals surface area contributed by atoms with E-state index in [1.54, 1.807) is 0 Å². The Balaban J connectivity index is 2.13. The molecule has 1 aromatic heterocycles. The van der Waals surface area contributed by atoms with Gasteiger partial charge in [0.2, 0.25) is 5.89 Å². The lowest BCUT2D eigenvalue weighted by atomic mass is 10.1. The van der Waals surface area contributed by atoms with E-state index < -0.39 is 0 Å². The Hall–Kier alpha value is -2.29. The maximum atomic E-state index is 6.07. The SMILES string of the molecule is CCCc1cc(N)c2oc(-c3cccc(C)c3)nc2c1. The van der Waals surface area contributed by atoms with Crippen LogP contribution in [-0.2, 0) is 6.42 Å². The van der Waals surface area contributed by atoms with Crippen molar-refractivity contribution in [2.45, 2.75) is 26.7 Å². The molecule has 0 spiro atoms. The number of oxazole rings is 1. The van der Waals surface area contributed by atoms with Gasteiger partial charge in [0, 0.05) is 5.56 Å². The van der Waals surface area contributed by atoms with Gasteiger partial charge in [-0.15, -0.1) is 0 Å². The predicted molar refractivity (Wildman–Crippen MR) is 82.6 cm³/mol. The van der Waals surface area contributed by atoms with Gasteiger partial charge in [-0.05, 0) is 43.2 Å². The summed E-state index contributed by atoms with van der Waals surface area (Å²) < 4.78 is 5.84. The van der Waals surface area contributed by atoms with Gasteiger partial charge in [0.1, 0.15) is 5.52 Å². The number of rotatable bonds is 3. The maximum absolute atomic E-state index is 6.07. The third-order valence-corrected chi connectivity index (χ3v) is 3.38. The summed E-state index contributed by atoms with van der Waals surface area (Å²) in [7, 11) is 0. The van der Waals surface area contributed by atoms with Crippen LogP contribution in [0.1, 0.15) is 24.5 Å². The molecule has 0 atom stereocenters. The van der Waals surface area contributed by atoms with Crippen LogP contribution >= 0.6 is 0 Å². The Bertz CT molecular complexity index is 759. The van der Waals surface area contributed by atoms with Crippen LogP contribution in [0.4, 0.5) is 5.69 Å². The van der Waals surface area contributed by atoms with Gasteiger partial charge in [-0.2, -0.15) is 0 Å². The fourth-order valence-electron chi connectivity index (χ4n) is 2.45. The molecule has 3 rings (SSSR count). The van der Waals surface area contributed by atoms with Gasteiger partial charge in [0.25, 0.3) is 0 Å². The molecule has 20 heavy (non-hydrogen) atoms. The number of nitrogens with two attached hydrogens (primary N) is 1. The Kier molecular flexibility index (Phi) is 3.18. The van der Waals surface area contributed by atoms with Crippen LogP contribution in [-0.4, -0.2) is 4.98 Å². The summed E-state index contributed by atoms with van der Waals surface area (Å²) in [6, 6.07) is 12.2. The number of aromatic nitrogens is 1. The van der Waals surface area contributed by atoms with Crippen molar-refractivity contribution in [2.24, 2.45) is 0 Å². The van der Waals surface area contributed by atoms with E-state index in [2.05, 4.69) is 37.0 Å². The van der Waals surface area contributed by atoms with Gasteiger partial charge >= 0.3 is 0 Å². The maximum Gasteiger partial charge on any atom is 0.227 e. The molecule has 0 aliphatic rings. The fraction of sp³-hybridized carbons (Fsp3) is 0.235.